The highest BCUT2D eigenvalue weighted by Crippen LogP contribution is 2.32. The quantitative estimate of drug-likeness (QED) is 0.823. The number of carbonyl (C=O) groups excluding carboxylic acids is 1. The predicted octanol–water partition coefficient (Wildman–Crippen LogP) is 2.67. The smallest absolute Gasteiger partial charge is 0.261 e. The summed E-state index contributed by atoms with van der Waals surface area (Å²) >= 11 is 3.06. The zero-order chi connectivity index (χ0) is 15.5. The van der Waals surface area contributed by atoms with Crippen LogP contribution in [0.3, 0.4) is 0 Å². The standard InChI is InChI=1S/C15H20N4OS2/c1-9-4-5-11-10(7-9)8-12(21-11)14(20)17-6-2-3-13-18-19-15(16)22-13/h8-9H,2-7H2,1H3,(H2,16,19)(H,17,20)/t9-/m1/s1. The Morgan fingerprint density at radius 1 is 1.45 bits per heavy atom. The molecule has 0 bridgehead atoms. The summed E-state index contributed by atoms with van der Waals surface area (Å²) in [5.41, 5.74) is 6.91. The minimum atomic E-state index is 0.0452. The molecule has 3 rings (SSSR count). The number of nitrogens with one attached hydrogen (secondary N) is 1. The number of thiophene rings is 1. The minimum Gasteiger partial charge on any atom is -0.374 e. The molecule has 0 fully saturated rings. The molecule has 0 radical (unpaired) electrons. The third-order valence-corrected chi connectivity index (χ3v) is 5.94. The molecule has 0 saturated heterocycles. The van der Waals surface area contributed by atoms with Crippen LogP contribution in [0.25, 0.3) is 0 Å². The van der Waals surface area contributed by atoms with Gasteiger partial charge in [-0.25, -0.2) is 0 Å². The minimum absolute atomic E-state index is 0.0452. The molecular weight excluding hydrogens is 316 g/mol. The fourth-order valence-corrected chi connectivity index (χ4v) is 4.49. The molecule has 5 nitrogen and oxygen atoms in total. The van der Waals surface area contributed by atoms with Gasteiger partial charge in [-0.1, -0.05) is 18.3 Å². The number of nitrogen functional groups attached to an aromatic ring is 1. The second-order valence-electron chi connectivity index (χ2n) is 5.80. The monoisotopic (exact) mass is 336 g/mol. The van der Waals surface area contributed by atoms with Gasteiger partial charge in [-0.2, -0.15) is 0 Å². The highest BCUT2D eigenvalue weighted by Gasteiger charge is 2.20. The van der Waals surface area contributed by atoms with E-state index in [0.29, 0.717) is 11.7 Å². The molecule has 22 heavy (non-hydrogen) atoms. The van der Waals surface area contributed by atoms with Crippen LogP contribution in [0.15, 0.2) is 6.07 Å². The molecule has 0 aromatic carbocycles. The molecule has 0 unspecified atom stereocenters. The number of aryl methyl sites for hydroxylation is 2. The van der Waals surface area contributed by atoms with E-state index in [1.807, 2.05) is 0 Å². The molecule has 118 valence electrons. The largest absolute Gasteiger partial charge is 0.374 e. The number of carbonyl (C=O) groups is 1. The zero-order valence-electron chi connectivity index (χ0n) is 12.6. The molecule has 2 aromatic rings. The van der Waals surface area contributed by atoms with E-state index in [2.05, 4.69) is 28.5 Å². The van der Waals surface area contributed by atoms with Crippen molar-refractivity contribution in [1.29, 1.82) is 0 Å². The first kappa shape index (κ1) is 15.4. The van der Waals surface area contributed by atoms with Crippen molar-refractivity contribution in [2.45, 2.75) is 39.0 Å². The average Bonchev–Trinajstić information content (AvgIpc) is 3.09. The van der Waals surface area contributed by atoms with Crippen molar-refractivity contribution in [3.05, 3.63) is 26.4 Å². The summed E-state index contributed by atoms with van der Waals surface area (Å²) in [7, 11) is 0. The molecule has 1 aliphatic rings. The van der Waals surface area contributed by atoms with Crippen LogP contribution in [0.2, 0.25) is 0 Å². The summed E-state index contributed by atoms with van der Waals surface area (Å²) in [6.07, 6.45) is 5.11. The van der Waals surface area contributed by atoms with Crippen LogP contribution in [0.4, 0.5) is 5.13 Å². The molecule has 0 aliphatic heterocycles. The highest BCUT2D eigenvalue weighted by atomic mass is 32.1. The Bertz CT molecular complexity index is 664. The van der Waals surface area contributed by atoms with Gasteiger partial charge in [-0.05, 0) is 43.2 Å². The van der Waals surface area contributed by atoms with Crippen LogP contribution in [-0.2, 0) is 19.3 Å². The van der Waals surface area contributed by atoms with E-state index in [1.54, 1.807) is 11.3 Å². The molecule has 0 saturated carbocycles. The average molecular weight is 336 g/mol. The summed E-state index contributed by atoms with van der Waals surface area (Å²) in [5, 5.41) is 12.2. The lowest BCUT2D eigenvalue weighted by Gasteiger charge is -2.16. The predicted molar refractivity (Wildman–Crippen MR) is 90.5 cm³/mol. The van der Waals surface area contributed by atoms with Crippen LogP contribution in [0.5, 0.6) is 0 Å². The topological polar surface area (TPSA) is 80.9 Å². The van der Waals surface area contributed by atoms with Gasteiger partial charge in [-0.15, -0.1) is 21.5 Å². The number of rotatable bonds is 5. The summed E-state index contributed by atoms with van der Waals surface area (Å²) in [4.78, 5) is 14.5. The molecule has 2 heterocycles. The number of anilines is 1. The van der Waals surface area contributed by atoms with Gasteiger partial charge in [-0.3, -0.25) is 4.79 Å². The third-order valence-electron chi connectivity index (χ3n) is 3.89. The van der Waals surface area contributed by atoms with Crippen molar-refractivity contribution in [3.8, 4) is 0 Å². The van der Waals surface area contributed by atoms with Gasteiger partial charge in [0.2, 0.25) is 5.13 Å². The Morgan fingerprint density at radius 3 is 3.09 bits per heavy atom. The van der Waals surface area contributed by atoms with E-state index in [-0.39, 0.29) is 5.91 Å². The van der Waals surface area contributed by atoms with Crippen molar-refractivity contribution in [3.63, 3.8) is 0 Å². The number of amides is 1. The van der Waals surface area contributed by atoms with Gasteiger partial charge < -0.3 is 11.1 Å². The third kappa shape index (κ3) is 3.64. The number of nitrogens with zero attached hydrogens (tertiary/aromatic N) is 2. The Morgan fingerprint density at radius 2 is 2.32 bits per heavy atom. The van der Waals surface area contributed by atoms with Crippen LogP contribution in [0.1, 0.15) is 44.9 Å². The van der Waals surface area contributed by atoms with Crippen molar-refractivity contribution >= 4 is 33.7 Å². The van der Waals surface area contributed by atoms with Gasteiger partial charge in [0.25, 0.3) is 5.91 Å². The molecule has 1 aliphatic carbocycles. The highest BCUT2D eigenvalue weighted by molar-refractivity contribution is 7.15. The summed E-state index contributed by atoms with van der Waals surface area (Å²) < 4.78 is 0. The van der Waals surface area contributed by atoms with Crippen molar-refractivity contribution in [2.75, 3.05) is 12.3 Å². The normalized spacial score (nSPS) is 17.2. The van der Waals surface area contributed by atoms with Crippen LogP contribution in [-0.4, -0.2) is 22.6 Å². The Balaban J connectivity index is 1.48. The SMILES string of the molecule is C[C@@H]1CCc2sc(C(=O)NCCCc3nnc(N)s3)cc2C1. The van der Waals surface area contributed by atoms with E-state index in [9.17, 15) is 4.79 Å². The lowest BCUT2D eigenvalue weighted by Crippen LogP contribution is -2.23. The molecule has 0 spiro atoms. The van der Waals surface area contributed by atoms with Crippen LogP contribution in [0, 0.1) is 5.92 Å². The maximum atomic E-state index is 12.2. The van der Waals surface area contributed by atoms with Crippen LogP contribution >= 0.6 is 22.7 Å². The second-order valence-corrected chi connectivity index (χ2v) is 8.03. The summed E-state index contributed by atoms with van der Waals surface area (Å²) in [5.74, 6) is 0.779. The van der Waals surface area contributed by atoms with Crippen LogP contribution < -0.4 is 11.1 Å². The van der Waals surface area contributed by atoms with E-state index in [1.165, 1.54) is 28.2 Å². The fraction of sp³-hybridized carbons (Fsp3) is 0.533. The lowest BCUT2D eigenvalue weighted by molar-refractivity contribution is 0.0957. The van der Waals surface area contributed by atoms with E-state index in [0.717, 1.165) is 41.5 Å². The molecular formula is C15H20N4OS2. The first-order valence-corrected chi connectivity index (χ1v) is 9.22. The maximum Gasteiger partial charge on any atom is 0.261 e. The number of hydrogen-bond donors (Lipinski definition) is 2. The maximum absolute atomic E-state index is 12.2. The van der Waals surface area contributed by atoms with Crippen molar-refractivity contribution in [2.24, 2.45) is 5.92 Å². The van der Waals surface area contributed by atoms with E-state index in [4.69, 9.17) is 5.73 Å². The number of aromatic nitrogens is 2. The zero-order valence-corrected chi connectivity index (χ0v) is 14.2. The number of fused-ring (bicyclic) bond motifs is 1. The van der Waals surface area contributed by atoms with E-state index < -0.39 is 0 Å². The Kier molecular flexibility index (Phi) is 4.73. The molecule has 7 heteroatoms. The lowest BCUT2D eigenvalue weighted by atomic mass is 9.90. The fourth-order valence-electron chi connectivity index (χ4n) is 2.71. The van der Waals surface area contributed by atoms with Gasteiger partial charge in [0, 0.05) is 17.8 Å². The van der Waals surface area contributed by atoms with Gasteiger partial charge in [0.1, 0.15) is 5.01 Å². The molecule has 3 N–H and O–H groups in total. The number of nitrogens with two attached hydrogens (primary N) is 1. The second kappa shape index (κ2) is 6.75. The van der Waals surface area contributed by atoms with Gasteiger partial charge in [0.05, 0.1) is 4.88 Å². The summed E-state index contributed by atoms with van der Waals surface area (Å²) in [6.45, 7) is 2.93. The van der Waals surface area contributed by atoms with Gasteiger partial charge in [0.15, 0.2) is 0 Å². The Hall–Kier alpha value is -1.47. The Labute approximate surface area is 138 Å². The van der Waals surface area contributed by atoms with Crippen molar-refractivity contribution < 1.29 is 4.79 Å². The summed E-state index contributed by atoms with van der Waals surface area (Å²) in [6, 6.07) is 2.08. The molecule has 2 aromatic heterocycles. The first-order chi connectivity index (χ1) is 10.6. The first-order valence-electron chi connectivity index (χ1n) is 7.59. The molecule has 1 amide bonds. The van der Waals surface area contributed by atoms with E-state index >= 15 is 0 Å². The molecule has 1 atom stereocenters. The van der Waals surface area contributed by atoms with Gasteiger partial charge >= 0.3 is 0 Å². The van der Waals surface area contributed by atoms with Crippen molar-refractivity contribution in [1.82, 2.24) is 15.5 Å². The number of hydrogen-bond acceptors (Lipinski definition) is 6.